The summed E-state index contributed by atoms with van der Waals surface area (Å²) in [5.74, 6) is 0. The van der Waals surface area contributed by atoms with E-state index in [1.54, 1.807) is 11.3 Å². The molecule has 1 aliphatic carbocycles. The molecule has 110 valence electrons. The zero-order valence-electron chi connectivity index (χ0n) is 12.5. The first-order valence-electron chi connectivity index (χ1n) is 7.65. The van der Waals surface area contributed by atoms with E-state index in [0.29, 0.717) is 6.04 Å². The average Bonchev–Trinajstić information content (AvgIpc) is 3.10. The second kappa shape index (κ2) is 5.67. The SMILES string of the molecule is Cc1nc(CCNC2c3ccccc3-c3ccccc32)cs1. The normalized spacial score (nSPS) is 13.1. The molecule has 0 unspecified atom stereocenters. The van der Waals surface area contributed by atoms with Crippen molar-refractivity contribution < 1.29 is 0 Å². The number of rotatable bonds is 4. The van der Waals surface area contributed by atoms with Crippen molar-refractivity contribution in [1.29, 1.82) is 0 Å². The molecule has 2 nitrogen and oxygen atoms in total. The van der Waals surface area contributed by atoms with Gasteiger partial charge in [0.15, 0.2) is 0 Å². The molecule has 0 amide bonds. The fraction of sp³-hybridized carbons (Fsp3) is 0.211. The van der Waals surface area contributed by atoms with Crippen molar-refractivity contribution in [2.24, 2.45) is 0 Å². The average molecular weight is 306 g/mol. The summed E-state index contributed by atoms with van der Waals surface area (Å²) in [5.41, 5.74) is 6.69. The lowest BCUT2D eigenvalue weighted by Gasteiger charge is -2.15. The van der Waals surface area contributed by atoms with E-state index in [9.17, 15) is 0 Å². The molecule has 4 rings (SSSR count). The lowest BCUT2D eigenvalue weighted by Crippen LogP contribution is -2.23. The van der Waals surface area contributed by atoms with Crippen molar-refractivity contribution in [3.8, 4) is 11.1 Å². The molecule has 0 aliphatic heterocycles. The second-order valence-corrected chi connectivity index (χ2v) is 6.73. The Balaban J connectivity index is 1.56. The van der Waals surface area contributed by atoms with Gasteiger partial charge in [-0.25, -0.2) is 4.98 Å². The van der Waals surface area contributed by atoms with Gasteiger partial charge in [-0.05, 0) is 29.2 Å². The number of aromatic nitrogens is 1. The summed E-state index contributed by atoms with van der Waals surface area (Å²) in [6.07, 6.45) is 0.977. The van der Waals surface area contributed by atoms with E-state index in [4.69, 9.17) is 0 Å². The molecular formula is C19H18N2S. The van der Waals surface area contributed by atoms with Gasteiger partial charge in [-0.1, -0.05) is 48.5 Å². The third-order valence-corrected chi connectivity index (χ3v) is 5.05. The number of nitrogens with zero attached hydrogens (tertiary/aromatic N) is 1. The molecule has 1 aliphatic rings. The van der Waals surface area contributed by atoms with E-state index in [1.807, 2.05) is 0 Å². The summed E-state index contributed by atoms with van der Waals surface area (Å²) >= 11 is 1.73. The molecule has 0 spiro atoms. The number of hydrogen-bond donors (Lipinski definition) is 1. The zero-order chi connectivity index (χ0) is 14.9. The molecular weight excluding hydrogens is 288 g/mol. The van der Waals surface area contributed by atoms with Crippen molar-refractivity contribution in [3.63, 3.8) is 0 Å². The minimum atomic E-state index is 0.298. The molecule has 1 heterocycles. The highest BCUT2D eigenvalue weighted by molar-refractivity contribution is 7.09. The Hall–Kier alpha value is -1.97. The molecule has 0 bridgehead atoms. The summed E-state index contributed by atoms with van der Waals surface area (Å²) in [6, 6.07) is 17.7. The molecule has 22 heavy (non-hydrogen) atoms. The predicted molar refractivity (Wildman–Crippen MR) is 92.3 cm³/mol. The van der Waals surface area contributed by atoms with Gasteiger partial charge in [0, 0.05) is 18.3 Å². The predicted octanol–water partition coefficient (Wildman–Crippen LogP) is 4.35. The third kappa shape index (κ3) is 2.36. The van der Waals surface area contributed by atoms with Crippen molar-refractivity contribution in [3.05, 3.63) is 75.7 Å². The Morgan fingerprint density at radius 2 is 1.64 bits per heavy atom. The first-order chi connectivity index (χ1) is 10.8. The lowest BCUT2D eigenvalue weighted by atomic mass is 10.1. The van der Waals surface area contributed by atoms with Gasteiger partial charge in [-0.2, -0.15) is 0 Å². The van der Waals surface area contributed by atoms with Crippen LogP contribution in [0, 0.1) is 6.92 Å². The van der Waals surface area contributed by atoms with Gasteiger partial charge in [-0.15, -0.1) is 11.3 Å². The highest BCUT2D eigenvalue weighted by Gasteiger charge is 2.27. The maximum atomic E-state index is 4.54. The summed E-state index contributed by atoms with van der Waals surface area (Å²) in [4.78, 5) is 4.54. The topological polar surface area (TPSA) is 24.9 Å². The van der Waals surface area contributed by atoms with Crippen LogP contribution in [0.3, 0.4) is 0 Å². The largest absolute Gasteiger partial charge is 0.306 e. The van der Waals surface area contributed by atoms with Gasteiger partial charge in [0.25, 0.3) is 0 Å². The molecule has 0 atom stereocenters. The van der Waals surface area contributed by atoms with Gasteiger partial charge in [0.2, 0.25) is 0 Å². The van der Waals surface area contributed by atoms with E-state index in [-0.39, 0.29) is 0 Å². The molecule has 0 saturated heterocycles. The van der Waals surface area contributed by atoms with Crippen LogP contribution in [0.1, 0.15) is 27.9 Å². The summed E-state index contributed by atoms with van der Waals surface area (Å²) in [7, 11) is 0. The molecule has 1 N–H and O–H groups in total. The third-order valence-electron chi connectivity index (χ3n) is 4.23. The summed E-state index contributed by atoms with van der Waals surface area (Å²) in [6.45, 7) is 3.00. The Kier molecular flexibility index (Phi) is 3.53. The second-order valence-electron chi connectivity index (χ2n) is 5.67. The molecule has 2 aromatic carbocycles. The minimum Gasteiger partial charge on any atom is -0.306 e. The van der Waals surface area contributed by atoms with E-state index in [2.05, 4.69) is 71.1 Å². The van der Waals surface area contributed by atoms with Crippen LogP contribution in [0.15, 0.2) is 53.9 Å². The van der Waals surface area contributed by atoms with Crippen LogP contribution < -0.4 is 5.32 Å². The first kappa shape index (κ1) is 13.7. The number of aryl methyl sites for hydroxylation is 1. The van der Waals surface area contributed by atoms with E-state index in [0.717, 1.165) is 18.0 Å². The van der Waals surface area contributed by atoms with Gasteiger partial charge in [-0.3, -0.25) is 0 Å². The first-order valence-corrected chi connectivity index (χ1v) is 8.53. The molecule has 0 saturated carbocycles. The lowest BCUT2D eigenvalue weighted by molar-refractivity contribution is 0.612. The van der Waals surface area contributed by atoms with Gasteiger partial charge >= 0.3 is 0 Å². The minimum absolute atomic E-state index is 0.298. The monoisotopic (exact) mass is 306 g/mol. The molecule has 3 heteroatoms. The molecule has 0 radical (unpaired) electrons. The number of benzene rings is 2. The molecule has 3 aromatic rings. The van der Waals surface area contributed by atoms with Gasteiger partial charge in [0.1, 0.15) is 0 Å². The van der Waals surface area contributed by atoms with E-state index < -0.39 is 0 Å². The van der Waals surface area contributed by atoms with Crippen LogP contribution >= 0.6 is 11.3 Å². The standard InChI is InChI=1S/C19H18N2S/c1-13-21-14(12-22-13)10-11-20-19-17-8-4-2-6-15(17)16-7-3-5-9-18(16)19/h2-9,12,19-20H,10-11H2,1H3. The fourth-order valence-electron chi connectivity index (χ4n) is 3.24. The van der Waals surface area contributed by atoms with Crippen LogP contribution in [-0.4, -0.2) is 11.5 Å². The van der Waals surface area contributed by atoms with E-state index in [1.165, 1.54) is 27.9 Å². The molecule has 0 fully saturated rings. The Bertz CT molecular complexity index is 761. The van der Waals surface area contributed by atoms with Crippen LogP contribution in [0.5, 0.6) is 0 Å². The zero-order valence-corrected chi connectivity index (χ0v) is 13.4. The van der Waals surface area contributed by atoms with Gasteiger partial charge in [0.05, 0.1) is 16.7 Å². The maximum absolute atomic E-state index is 4.54. The number of nitrogens with one attached hydrogen (secondary N) is 1. The Morgan fingerprint density at radius 1 is 1.00 bits per heavy atom. The Labute approximate surface area is 134 Å². The number of thiazole rings is 1. The van der Waals surface area contributed by atoms with Crippen LogP contribution in [0.4, 0.5) is 0 Å². The Morgan fingerprint density at radius 3 is 2.23 bits per heavy atom. The fourth-order valence-corrected chi connectivity index (χ4v) is 3.89. The van der Waals surface area contributed by atoms with E-state index >= 15 is 0 Å². The van der Waals surface area contributed by atoms with Crippen molar-refractivity contribution in [1.82, 2.24) is 10.3 Å². The number of hydrogen-bond acceptors (Lipinski definition) is 3. The molecule has 1 aromatic heterocycles. The smallest absolute Gasteiger partial charge is 0.0897 e. The maximum Gasteiger partial charge on any atom is 0.0897 e. The quantitative estimate of drug-likeness (QED) is 0.775. The van der Waals surface area contributed by atoms with Crippen molar-refractivity contribution >= 4 is 11.3 Å². The van der Waals surface area contributed by atoms with Crippen molar-refractivity contribution in [2.45, 2.75) is 19.4 Å². The van der Waals surface area contributed by atoms with Crippen LogP contribution in [0.25, 0.3) is 11.1 Å². The summed E-state index contributed by atoms with van der Waals surface area (Å²) < 4.78 is 0. The van der Waals surface area contributed by atoms with Crippen LogP contribution in [0.2, 0.25) is 0 Å². The highest BCUT2D eigenvalue weighted by Crippen LogP contribution is 2.42. The highest BCUT2D eigenvalue weighted by atomic mass is 32.1. The summed E-state index contributed by atoms with van der Waals surface area (Å²) in [5, 5.41) is 7.02. The van der Waals surface area contributed by atoms with Gasteiger partial charge < -0.3 is 5.32 Å². The van der Waals surface area contributed by atoms with Crippen LogP contribution in [-0.2, 0) is 6.42 Å². The van der Waals surface area contributed by atoms with Crippen molar-refractivity contribution in [2.75, 3.05) is 6.54 Å². The number of fused-ring (bicyclic) bond motifs is 3.